The van der Waals surface area contributed by atoms with Crippen molar-refractivity contribution in [1.82, 2.24) is 29.8 Å². The summed E-state index contributed by atoms with van der Waals surface area (Å²) in [5, 5.41) is 21.7. The monoisotopic (exact) mass is 454 g/mol. The summed E-state index contributed by atoms with van der Waals surface area (Å²) in [6.45, 7) is 4.38. The quantitative estimate of drug-likeness (QED) is 0.563. The maximum atomic E-state index is 13.4. The Kier molecular flexibility index (Phi) is 5.98. The molecular weight excluding hydrogens is 424 g/mol. The maximum Gasteiger partial charge on any atom is 0.278 e. The number of rotatable bonds is 6. The molecule has 2 saturated heterocycles. The summed E-state index contributed by atoms with van der Waals surface area (Å²) in [7, 11) is 0. The van der Waals surface area contributed by atoms with Crippen molar-refractivity contribution in [2.24, 2.45) is 5.73 Å². The first kappa shape index (κ1) is 21.8. The molecular formula is C22H30N8O3. The molecule has 33 heavy (non-hydrogen) atoms. The molecule has 3 N–H and O–H groups in total. The van der Waals surface area contributed by atoms with Crippen molar-refractivity contribution in [2.45, 2.75) is 57.5 Å². The lowest BCUT2D eigenvalue weighted by Crippen LogP contribution is -2.39. The molecule has 5 heterocycles. The van der Waals surface area contributed by atoms with E-state index in [2.05, 4.69) is 15.2 Å². The molecule has 2 atom stereocenters. The summed E-state index contributed by atoms with van der Waals surface area (Å²) in [6, 6.07) is 1.99. The molecule has 11 heteroatoms. The van der Waals surface area contributed by atoms with Crippen LogP contribution < -0.4 is 10.6 Å². The molecule has 0 saturated carbocycles. The third-order valence-corrected chi connectivity index (χ3v) is 6.58. The van der Waals surface area contributed by atoms with E-state index in [9.17, 15) is 4.79 Å². The smallest absolute Gasteiger partial charge is 0.278 e. The maximum absolute atomic E-state index is 13.4. The molecule has 2 aliphatic rings. The highest BCUT2D eigenvalue weighted by atomic mass is 16.6. The van der Waals surface area contributed by atoms with E-state index in [0.717, 1.165) is 61.5 Å². The molecule has 176 valence electrons. The van der Waals surface area contributed by atoms with Crippen molar-refractivity contribution in [2.75, 3.05) is 31.1 Å². The second-order valence-electron chi connectivity index (χ2n) is 9.01. The summed E-state index contributed by atoms with van der Waals surface area (Å²) in [6.07, 6.45) is 6.66. The third kappa shape index (κ3) is 4.18. The topological polar surface area (TPSA) is 139 Å². The van der Waals surface area contributed by atoms with Gasteiger partial charge in [0.1, 0.15) is 11.5 Å². The fraction of sp³-hybridized carbons (Fsp3) is 0.591. The molecule has 2 aliphatic heterocycles. The van der Waals surface area contributed by atoms with E-state index in [0.29, 0.717) is 25.1 Å². The average molecular weight is 455 g/mol. The number of aromatic nitrogens is 5. The van der Waals surface area contributed by atoms with Crippen LogP contribution in [0.2, 0.25) is 0 Å². The number of nitrogens with zero attached hydrogens (tertiary/aromatic N) is 7. The van der Waals surface area contributed by atoms with Gasteiger partial charge in [0.2, 0.25) is 0 Å². The molecule has 2 fully saturated rings. The van der Waals surface area contributed by atoms with Crippen molar-refractivity contribution in [3.63, 3.8) is 0 Å². The number of anilines is 1. The van der Waals surface area contributed by atoms with E-state index < -0.39 is 0 Å². The van der Waals surface area contributed by atoms with Gasteiger partial charge < -0.3 is 20.6 Å². The molecule has 0 spiro atoms. The highest BCUT2D eigenvalue weighted by Gasteiger charge is 2.34. The number of hydrogen-bond donors (Lipinski definition) is 2. The van der Waals surface area contributed by atoms with Crippen molar-refractivity contribution >= 4 is 17.4 Å². The molecule has 0 radical (unpaired) electrons. The van der Waals surface area contributed by atoms with E-state index in [-0.39, 0.29) is 30.3 Å². The largest absolute Gasteiger partial charge is 0.396 e. The number of nitrogens with two attached hydrogens (primary N) is 1. The fourth-order valence-corrected chi connectivity index (χ4v) is 4.88. The third-order valence-electron chi connectivity index (χ3n) is 6.58. The van der Waals surface area contributed by atoms with E-state index >= 15 is 0 Å². The number of carbonyl (C=O) groups excluding carboxylic acids is 1. The minimum atomic E-state index is -0.207. The lowest BCUT2D eigenvalue weighted by molar-refractivity contribution is 0.0593. The van der Waals surface area contributed by atoms with Gasteiger partial charge >= 0.3 is 0 Å². The van der Waals surface area contributed by atoms with Crippen molar-refractivity contribution in [3.8, 4) is 0 Å². The second-order valence-corrected chi connectivity index (χ2v) is 9.01. The molecule has 0 unspecified atom stereocenters. The molecule has 0 aliphatic carbocycles. The van der Waals surface area contributed by atoms with Crippen LogP contribution in [0.3, 0.4) is 0 Å². The number of hydrogen-bond acceptors (Lipinski definition) is 9. The van der Waals surface area contributed by atoms with Gasteiger partial charge in [0.25, 0.3) is 5.91 Å². The zero-order chi connectivity index (χ0) is 22.9. The number of likely N-dealkylation sites (tertiary alicyclic amines) is 1. The zero-order valence-corrected chi connectivity index (χ0v) is 18.9. The Hall–Kier alpha value is -3.05. The predicted octanol–water partition coefficient (Wildman–Crippen LogP) is 1.25. The first-order valence-corrected chi connectivity index (χ1v) is 11.7. The van der Waals surface area contributed by atoms with Crippen LogP contribution in [0.25, 0.3) is 5.65 Å². The van der Waals surface area contributed by atoms with E-state index in [1.807, 2.05) is 24.1 Å². The van der Waals surface area contributed by atoms with Gasteiger partial charge in [-0.1, -0.05) is 5.16 Å². The Labute approximate surface area is 191 Å². The number of aliphatic hydroxyl groups is 1. The van der Waals surface area contributed by atoms with Crippen molar-refractivity contribution in [1.29, 1.82) is 0 Å². The highest BCUT2D eigenvalue weighted by molar-refractivity contribution is 5.93. The van der Waals surface area contributed by atoms with Crippen LogP contribution in [-0.4, -0.2) is 73.1 Å². The van der Waals surface area contributed by atoms with E-state index in [4.69, 9.17) is 25.6 Å². The van der Waals surface area contributed by atoms with Gasteiger partial charge in [-0.3, -0.25) is 4.79 Å². The standard InChI is InChI=1S/C22H30N8O3/c1-14-12-30-19(24-21(14)28-9-7-15(23)13-28)11-17(25-30)18-6-2-3-8-29(18)22(32)20-16(5-4-10-31)26-33-27-20/h11-12,15,18,31H,2-10,13,23H2,1H3/t15-,18-/m0/s1. The first-order chi connectivity index (χ1) is 16.0. The van der Waals surface area contributed by atoms with Crippen LogP contribution in [-0.2, 0) is 6.42 Å². The van der Waals surface area contributed by atoms with Crippen LogP contribution in [0.15, 0.2) is 16.9 Å². The van der Waals surface area contributed by atoms with E-state index in [1.165, 1.54) is 0 Å². The van der Waals surface area contributed by atoms with Gasteiger partial charge in [-0.05, 0) is 50.6 Å². The SMILES string of the molecule is Cc1cn2nc([C@@H]3CCCCN3C(=O)c3nonc3CCCO)cc2nc1N1CC[C@H](N)C1. The number of amides is 1. The molecule has 3 aromatic rings. The molecule has 3 aromatic heterocycles. The number of aryl methyl sites for hydroxylation is 2. The first-order valence-electron chi connectivity index (χ1n) is 11.7. The Morgan fingerprint density at radius 1 is 1.27 bits per heavy atom. The minimum Gasteiger partial charge on any atom is -0.396 e. The molecule has 1 amide bonds. The summed E-state index contributed by atoms with van der Waals surface area (Å²) in [4.78, 5) is 22.3. The van der Waals surface area contributed by atoms with Gasteiger partial charge in [-0.25, -0.2) is 14.1 Å². The zero-order valence-electron chi connectivity index (χ0n) is 18.9. The number of aliphatic hydroxyl groups excluding tert-OH is 1. The number of piperidine rings is 1. The van der Waals surface area contributed by atoms with Crippen LogP contribution in [0.5, 0.6) is 0 Å². The Morgan fingerprint density at radius 2 is 2.15 bits per heavy atom. The number of fused-ring (bicyclic) bond motifs is 1. The number of carbonyl (C=O) groups is 1. The van der Waals surface area contributed by atoms with E-state index in [1.54, 1.807) is 4.52 Å². The summed E-state index contributed by atoms with van der Waals surface area (Å²) >= 11 is 0. The molecule has 5 rings (SSSR count). The van der Waals surface area contributed by atoms with Gasteiger partial charge in [-0.15, -0.1) is 0 Å². The van der Waals surface area contributed by atoms with Gasteiger partial charge in [0.05, 0.1) is 11.7 Å². The van der Waals surface area contributed by atoms with Gasteiger partial charge in [-0.2, -0.15) is 5.10 Å². The predicted molar refractivity (Wildman–Crippen MR) is 120 cm³/mol. The fourth-order valence-electron chi connectivity index (χ4n) is 4.88. The molecule has 0 aromatic carbocycles. The van der Waals surface area contributed by atoms with Crippen molar-refractivity contribution in [3.05, 3.63) is 34.9 Å². The summed E-state index contributed by atoms with van der Waals surface area (Å²) in [5.41, 5.74) is 9.43. The Balaban J connectivity index is 1.44. The Bertz CT molecular complexity index is 1140. The van der Waals surface area contributed by atoms with Crippen LogP contribution in [0, 0.1) is 6.92 Å². The second kappa shape index (κ2) is 9.06. The normalized spacial score (nSPS) is 21.3. The summed E-state index contributed by atoms with van der Waals surface area (Å²) < 4.78 is 6.65. The van der Waals surface area contributed by atoms with Gasteiger partial charge in [0, 0.05) is 50.1 Å². The highest BCUT2D eigenvalue weighted by Crippen LogP contribution is 2.33. The minimum absolute atomic E-state index is 0.0197. The lowest BCUT2D eigenvalue weighted by atomic mass is 9.98. The van der Waals surface area contributed by atoms with Gasteiger partial charge in [0.15, 0.2) is 11.3 Å². The molecule has 11 nitrogen and oxygen atoms in total. The van der Waals surface area contributed by atoms with Crippen molar-refractivity contribution < 1.29 is 14.5 Å². The summed E-state index contributed by atoms with van der Waals surface area (Å²) in [5.74, 6) is 0.738. The van der Waals surface area contributed by atoms with Crippen LogP contribution in [0.4, 0.5) is 5.82 Å². The Morgan fingerprint density at radius 3 is 2.94 bits per heavy atom. The van der Waals surface area contributed by atoms with Crippen LogP contribution in [0.1, 0.15) is 65.6 Å². The molecule has 0 bridgehead atoms. The average Bonchev–Trinajstić information content (AvgIpc) is 3.56. The van der Waals surface area contributed by atoms with Crippen LogP contribution >= 0.6 is 0 Å². The lowest BCUT2D eigenvalue weighted by Gasteiger charge is -2.34.